The largest absolute Gasteiger partial charge is 0.409 e. The average molecular weight is 284 g/mol. The summed E-state index contributed by atoms with van der Waals surface area (Å²) in [4.78, 5) is 5.09. The second kappa shape index (κ2) is 7.84. The maximum atomic E-state index is 8.75. The van der Waals surface area contributed by atoms with Crippen LogP contribution in [0.5, 0.6) is 0 Å². The second-order valence-corrected chi connectivity index (χ2v) is 6.80. The molecule has 1 fully saturated rings. The van der Waals surface area contributed by atoms with Crippen molar-refractivity contribution in [2.45, 2.75) is 53.0 Å². The lowest BCUT2D eigenvalue weighted by Gasteiger charge is -2.37. The summed E-state index contributed by atoms with van der Waals surface area (Å²) in [6, 6.07) is 0.665. The minimum Gasteiger partial charge on any atom is -0.409 e. The van der Waals surface area contributed by atoms with E-state index in [2.05, 4.69) is 28.8 Å². The molecule has 0 aromatic rings. The van der Waals surface area contributed by atoms with Crippen LogP contribution in [0, 0.1) is 5.41 Å². The van der Waals surface area contributed by atoms with E-state index in [4.69, 9.17) is 10.9 Å². The minimum atomic E-state index is -0.203. The predicted octanol–water partition coefficient (Wildman–Crippen LogP) is 1.96. The first kappa shape index (κ1) is 17.2. The van der Waals surface area contributed by atoms with E-state index in [1.165, 1.54) is 32.6 Å². The molecule has 0 saturated carbocycles. The molecule has 1 saturated heterocycles. The highest BCUT2D eigenvalue weighted by molar-refractivity contribution is 5.85. The highest BCUT2D eigenvalue weighted by Crippen LogP contribution is 2.23. The number of unbranched alkanes of at least 4 members (excludes halogenated alkanes) is 1. The first-order chi connectivity index (χ1) is 9.36. The van der Waals surface area contributed by atoms with E-state index in [1.807, 2.05) is 13.8 Å². The molecule has 3 N–H and O–H groups in total. The highest BCUT2D eigenvalue weighted by atomic mass is 16.4. The Bertz CT molecular complexity index is 307. The first-order valence-electron chi connectivity index (χ1n) is 7.81. The lowest BCUT2D eigenvalue weighted by Crippen LogP contribution is -2.48. The number of rotatable bonds is 7. The molecule has 20 heavy (non-hydrogen) atoms. The van der Waals surface area contributed by atoms with E-state index in [0.717, 1.165) is 19.4 Å². The Morgan fingerprint density at radius 2 is 1.80 bits per heavy atom. The van der Waals surface area contributed by atoms with E-state index in [9.17, 15) is 0 Å². The molecule has 0 aromatic heterocycles. The molecular formula is C15H32N4O. The number of piperazine rings is 1. The zero-order valence-corrected chi connectivity index (χ0v) is 13.6. The first-order valence-corrected chi connectivity index (χ1v) is 7.81. The van der Waals surface area contributed by atoms with Gasteiger partial charge in [-0.05, 0) is 33.2 Å². The number of nitrogens with zero attached hydrogens (tertiary/aromatic N) is 3. The van der Waals surface area contributed by atoms with Crippen LogP contribution in [0.25, 0.3) is 0 Å². The fourth-order valence-electron chi connectivity index (χ4n) is 2.67. The van der Waals surface area contributed by atoms with E-state index in [-0.39, 0.29) is 5.41 Å². The number of oxime groups is 1. The Hall–Kier alpha value is -0.810. The van der Waals surface area contributed by atoms with Gasteiger partial charge in [-0.15, -0.1) is 0 Å². The molecule has 5 heteroatoms. The normalized spacial score (nSPS) is 19.8. The summed E-state index contributed by atoms with van der Waals surface area (Å²) in [5.74, 6) is 0.336. The number of hydrogen-bond donors (Lipinski definition) is 2. The molecule has 0 radical (unpaired) electrons. The van der Waals surface area contributed by atoms with E-state index in [0.29, 0.717) is 11.9 Å². The Morgan fingerprint density at radius 1 is 1.20 bits per heavy atom. The maximum absolute atomic E-state index is 8.75. The predicted molar refractivity (Wildman–Crippen MR) is 84.2 cm³/mol. The van der Waals surface area contributed by atoms with Gasteiger partial charge in [-0.1, -0.05) is 25.4 Å². The van der Waals surface area contributed by atoms with Crippen molar-refractivity contribution in [1.29, 1.82) is 0 Å². The quantitative estimate of drug-likeness (QED) is 0.247. The van der Waals surface area contributed by atoms with E-state index in [1.54, 1.807) is 0 Å². The molecule has 5 nitrogen and oxygen atoms in total. The van der Waals surface area contributed by atoms with Gasteiger partial charge < -0.3 is 15.8 Å². The average Bonchev–Trinajstić information content (AvgIpc) is 2.43. The van der Waals surface area contributed by atoms with Crippen LogP contribution >= 0.6 is 0 Å². The summed E-state index contributed by atoms with van der Waals surface area (Å²) in [6.07, 6.45) is 3.27. The van der Waals surface area contributed by atoms with Gasteiger partial charge in [0.25, 0.3) is 0 Å². The molecule has 1 aliphatic heterocycles. The Morgan fingerprint density at radius 3 is 2.30 bits per heavy atom. The summed E-state index contributed by atoms with van der Waals surface area (Å²) < 4.78 is 0. The van der Waals surface area contributed by atoms with Crippen LogP contribution in [0.15, 0.2) is 5.16 Å². The van der Waals surface area contributed by atoms with Crippen LogP contribution in [0.4, 0.5) is 0 Å². The Labute approximate surface area is 123 Å². The van der Waals surface area contributed by atoms with Gasteiger partial charge in [-0.2, -0.15) is 0 Å². The van der Waals surface area contributed by atoms with Crippen LogP contribution in [0.1, 0.15) is 47.0 Å². The van der Waals surface area contributed by atoms with Gasteiger partial charge in [0, 0.05) is 37.6 Å². The Balaban J connectivity index is 2.17. The minimum absolute atomic E-state index is 0.203. The van der Waals surface area contributed by atoms with Crippen molar-refractivity contribution >= 4 is 5.84 Å². The molecule has 0 atom stereocenters. The van der Waals surface area contributed by atoms with Crippen LogP contribution in [-0.2, 0) is 0 Å². The molecule has 1 aliphatic rings. The third kappa shape index (κ3) is 5.29. The zero-order chi connectivity index (χ0) is 15.2. The second-order valence-electron chi connectivity index (χ2n) is 6.80. The number of amidine groups is 1. The van der Waals surface area contributed by atoms with Crippen LogP contribution in [0.2, 0.25) is 0 Å². The highest BCUT2D eigenvalue weighted by Gasteiger charge is 2.23. The summed E-state index contributed by atoms with van der Waals surface area (Å²) in [6.45, 7) is 14.5. The lowest BCUT2D eigenvalue weighted by atomic mass is 9.86. The van der Waals surface area contributed by atoms with Crippen molar-refractivity contribution < 1.29 is 5.21 Å². The number of hydrogen-bond acceptors (Lipinski definition) is 4. The molecular weight excluding hydrogens is 252 g/mol. The van der Waals surface area contributed by atoms with Crippen molar-refractivity contribution in [1.82, 2.24) is 9.80 Å². The molecule has 0 unspecified atom stereocenters. The maximum Gasteiger partial charge on any atom is 0.144 e. The SMILES string of the molecule is CC(C)N1CCN(CCCCC(C)(C)C(N)=NO)CC1. The third-order valence-corrected chi connectivity index (χ3v) is 4.46. The lowest BCUT2D eigenvalue weighted by molar-refractivity contribution is 0.107. The van der Waals surface area contributed by atoms with Crippen LogP contribution < -0.4 is 5.73 Å². The topological polar surface area (TPSA) is 65.1 Å². The fraction of sp³-hybridized carbons (Fsp3) is 0.933. The smallest absolute Gasteiger partial charge is 0.144 e. The van der Waals surface area contributed by atoms with Gasteiger partial charge in [0.05, 0.1) is 0 Å². The molecule has 0 aliphatic carbocycles. The molecule has 1 rings (SSSR count). The Kier molecular flexibility index (Phi) is 6.76. The van der Waals surface area contributed by atoms with Gasteiger partial charge in [0.2, 0.25) is 0 Å². The molecule has 118 valence electrons. The van der Waals surface area contributed by atoms with Crippen molar-refractivity contribution in [2.24, 2.45) is 16.3 Å². The molecule has 0 aromatic carbocycles. The van der Waals surface area contributed by atoms with Gasteiger partial charge in [0.15, 0.2) is 0 Å². The fourth-order valence-corrected chi connectivity index (χ4v) is 2.67. The zero-order valence-electron chi connectivity index (χ0n) is 13.6. The van der Waals surface area contributed by atoms with Gasteiger partial charge in [0.1, 0.15) is 5.84 Å². The number of nitrogens with two attached hydrogens (primary N) is 1. The van der Waals surface area contributed by atoms with Gasteiger partial charge >= 0.3 is 0 Å². The molecule has 1 heterocycles. The molecule has 0 amide bonds. The standard InChI is InChI=1S/C15H32N4O/c1-13(2)19-11-9-18(10-12-19)8-6-5-7-15(3,4)14(16)17-20/h13,20H,5-12H2,1-4H3,(H2,16,17). The molecule has 0 spiro atoms. The van der Waals surface area contributed by atoms with Crippen molar-refractivity contribution in [3.05, 3.63) is 0 Å². The summed E-state index contributed by atoms with van der Waals surface area (Å²) in [7, 11) is 0. The van der Waals surface area contributed by atoms with Crippen LogP contribution in [0.3, 0.4) is 0 Å². The van der Waals surface area contributed by atoms with Crippen LogP contribution in [-0.4, -0.2) is 59.6 Å². The van der Waals surface area contributed by atoms with E-state index >= 15 is 0 Å². The van der Waals surface area contributed by atoms with Crippen molar-refractivity contribution in [2.75, 3.05) is 32.7 Å². The third-order valence-electron chi connectivity index (χ3n) is 4.46. The van der Waals surface area contributed by atoms with E-state index < -0.39 is 0 Å². The summed E-state index contributed by atoms with van der Waals surface area (Å²) >= 11 is 0. The molecule has 0 bridgehead atoms. The van der Waals surface area contributed by atoms with Crippen molar-refractivity contribution in [3.8, 4) is 0 Å². The van der Waals surface area contributed by atoms with Gasteiger partial charge in [-0.3, -0.25) is 4.90 Å². The summed E-state index contributed by atoms with van der Waals surface area (Å²) in [5.41, 5.74) is 5.50. The monoisotopic (exact) mass is 284 g/mol. The van der Waals surface area contributed by atoms with Gasteiger partial charge in [-0.25, -0.2) is 0 Å². The van der Waals surface area contributed by atoms with Crippen molar-refractivity contribution in [3.63, 3.8) is 0 Å². The summed E-state index contributed by atoms with van der Waals surface area (Å²) in [5, 5.41) is 11.9.